The van der Waals surface area contributed by atoms with Crippen LogP contribution in [0, 0.1) is 13.8 Å². The molecule has 0 saturated carbocycles. The molecule has 6 heteroatoms. The lowest BCUT2D eigenvalue weighted by atomic mass is 10.0. The van der Waals surface area contributed by atoms with Gasteiger partial charge in [-0.2, -0.15) is 0 Å². The minimum atomic E-state index is -0.808. The first-order valence-electron chi connectivity index (χ1n) is 8.10. The molecule has 0 bridgehead atoms. The Hall–Kier alpha value is -3.28. The molecular formula is C20H17NO5. The van der Waals surface area contributed by atoms with Crippen LogP contribution in [0.15, 0.2) is 42.5 Å². The molecule has 1 heterocycles. The Kier molecular flexibility index (Phi) is 4.67. The number of amides is 2. The first-order chi connectivity index (χ1) is 12.4. The molecule has 3 rings (SSSR count). The highest BCUT2D eigenvalue weighted by atomic mass is 16.5. The number of hydrogen-bond donors (Lipinski definition) is 0. The minimum Gasteiger partial charge on any atom is -0.456 e. The summed E-state index contributed by atoms with van der Waals surface area (Å²) in [5.74, 6) is -2.22. The second-order valence-electron chi connectivity index (χ2n) is 6.14. The monoisotopic (exact) mass is 351 g/mol. The molecular weight excluding hydrogens is 334 g/mol. The van der Waals surface area contributed by atoms with E-state index in [4.69, 9.17) is 4.74 Å². The molecule has 1 aliphatic heterocycles. The van der Waals surface area contributed by atoms with Crippen LogP contribution in [0.4, 0.5) is 0 Å². The van der Waals surface area contributed by atoms with Gasteiger partial charge in [0.15, 0.2) is 6.61 Å². The molecule has 2 aromatic rings. The summed E-state index contributed by atoms with van der Waals surface area (Å²) in [5.41, 5.74) is 2.82. The van der Waals surface area contributed by atoms with E-state index in [2.05, 4.69) is 0 Å². The number of nitrogens with zero attached hydrogens (tertiary/aromatic N) is 1. The van der Waals surface area contributed by atoms with E-state index in [9.17, 15) is 19.2 Å². The lowest BCUT2D eigenvalue weighted by Gasteiger charge is -2.13. The van der Waals surface area contributed by atoms with Crippen molar-refractivity contribution >= 4 is 23.6 Å². The normalized spacial score (nSPS) is 12.9. The Bertz CT molecular complexity index is 897. The van der Waals surface area contributed by atoms with Crippen LogP contribution in [-0.4, -0.2) is 41.6 Å². The molecule has 0 fully saturated rings. The van der Waals surface area contributed by atoms with Crippen LogP contribution in [0.25, 0.3) is 0 Å². The van der Waals surface area contributed by atoms with Crippen LogP contribution >= 0.6 is 0 Å². The highest BCUT2D eigenvalue weighted by Crippen LogP contribution is 2.22. The van der Waals surface area contributed by atoms with E-state index in [0.717, 1.165) is 16.0 Å². The Labute approximate surface area is 150 Å². The van der Waals surface area contributed by atoms with E-state index >= 15 is 0 Å². The average Bonchev–Trinajstić information content (AvgIpc) is 2.85. The van der Waals surface area contributed by atoms with Gasteiger partial charge in [0.1, 0.15) is 6.54 Å². The quantitative estimate of drug-likeness (QED) is 0.469. The van der Waals surface area contributed by atoms with E-state index in [1.54, 1.807) is 31.2 Å². The molecule has 2 amide bonds. The standard InChI is InChI=1S/C20H17NO5/c1-12-7-8-14(13(2)9-12)17(22)11-26-18(23)10-21-19(24)15-5-3-4-6-16(15)20(21)25/h3-9H,10-11H2,1-2H3. The first kappa shape index (κ1) is 17.5. The van der Waals surface area contributed by atoms with Crippen molar-refractivity contribution in [2.75, 3.05) is 13.2 Å². The van der Waals surface area contributed by atoms with Gasteiger partial charge in [0.05, 0.1) is 11.1 Å². The molecule has 0 aromatic heterocycles. The number of rotatable bonds is 5. The van der Waals surface area contributed by atoms with Crippen molar-refractivity contribution in [2.24, 2.45) is 0 Å². The molecule has 0 spiro atoms. The number of carbonyl (C=O) groups excluding carboxylic acids is 4. The molecule has 0 aliphatic carbocycles. The fourth-order valence-electron chi connectivity index (χ4n) is 2.91. The number of carbonyl (C=O) groups is 4. The number of ether oxygens (including phenoxy) is 1. The van der Waals surface area contributed by atoms with Gasteiger partial charge in [-0.05, 0) is 31.5 Å². The van der Waals surface area contributed by atoms with Crippen molar-refractivity contribution in [3.63, 3.8) is 0 Å². The van der Waals surface area contributed by atoms with E-state index in [1.807, 2.05) is 13.0 Å². The van der Waals surface area contributed by atoms with Gasteiger partial charge in [-0.25, -0.2) is 0 Å². The zero-order chi connectivity index (χ0) is 18.8. The summed E-state index contributed by atoms with van der Waals surface area (Å²) in [6, 6.07) is 11.7. The average molecular weight is 351 g/mol. The number of aryl methyl sites for hydroxylation is 2. The maximum absolute atomic E-state index is 12.2. The number of hydrogen-bond acceptors (Lipinski definition) is 5. The third-order valence-corrected chi connectivity index (χ3v) is 4.21. The fraction of sp³-hybridized carbons (Fsp3) is 0.200. The number of benzene rings is 2. The predicted molar refractivity (Wildman–Crippen MR) is 93.0 cm³/mol. The number of ketones is 1. The van der Waals surface area contributed by atoms with Gasteiger partial charge < -0.3 is 4.74 Å². The van der Waals surface area contributed by atoms with E-state index in [-0.39, 0.29) is 16.9 Å². The molecule has 2 aromatic carbocycles. The largest absolute Gasteiger partial charge is 0.456 e. The molecule has 1 aliphatic rings. The van der Waals surface area contributed by atoms with Crippen molar-refractivity contribution < 1.29 is 23.9 Å². The van der Waals surface area contributed by atoms with Crippen molar-refractivity contribution in [3.8, 4) is 0 Å². The fourth-order valence-corrected chi connectivity index (χ4v) is 2.91. The molecule has 26 heavy (non-hydrogen) atoms. The summed E-state index contributed by atoms with van der Waals surface area (Å²) >= 11 is 0. The Morgan fingerprint density at radius 2 is 1.58 bits per heavy atom. The second-order valence-corrected chi connectivity index (χ2v) is 6.14. The lowest BCUT2D eigenvalue weighted by Crippen LogP contribution is -2.36. The summed E-state index contributed by atoms with van der Waals surface area (Å²) in [5, 5.41) is 0. The molecule has 132 valence electrons. The van der Waals surface area contributed by atoms with E-state index in [1.165, 1.54) is 12.1 Å². The third-order valence-electron chi connectivity index (χ3n) is 4.21. The Balaban J connectivity index is 1.61. The zero-order valence-corrected chi connectivity index (χ0v) is 14.4. The Morgan fingerprint density at radius 3 is 2.15 bits per heavy atom. The number of fused-ring (bicyclic) bond motifs is 1. The van der Waals surface area contributed by atoms with Gasteiger partial charge in [-0.3, -0.25) is 24.1 Å². The summed E-state index contributed by atoms with van der Waals surface area (Å²) in [7, 11) is 0. The van der Waals surface area contributed by atoms with Crippen molar-refractivity contribution in [1.82, 2.24) is 4.90 Å². The van der Waals surface area contributed by atoms with Crippen molar-refractivity contribution in [2.45, 2.75) is 13.8 Å². The van der Waals surface area contributed by atoms with Gasteiger partial charge in [-0.15, -0.1) is 0 Å². The summed E-state index contributed by atoms with van der Waals surface area (Å²) in [6.07, 6.45) is 0. The van der Waals surface area contributed by atoms with Crippen molar-refractivity contribution in [3.05, 3.63) is 70.3 Å². The van der Waals surface area contributed by atoms with Gasteiger partial charge in [0.2, 0.25) is 5.78 Å². The lowest BCUT2D eigenvalue weighted by molar-refractivity contribution is -0.142. The van der Waals surface area contributed by atoms with E-state index < -0.39 is 30.9 Å². The maximum Gasteiger partial charge on any atom is 0.326 e. The van der Waals surface area contributed by atoms with Gasteiger partial charge in [0.25, 0.3) is 11.8 Å². The van der Waals surface area contributed by atoms with Crippen LogP contribution < -0.4 is 0 Å². The summed E-state index contributed by atoms with van der Waals surface area (Å²) in [4.78, 5) is 49.4. The third kappa shape index (κ3) is 3.26. The molecule has 6 nitrogen and oxygen atoms in total. The van der Waals surface area contributed by atoms with Crippen LogP contribution in [-0.2, 0) is 9.53 Å². The zero-order valence-electron chi connectivity index (χ0n) is 14.4. The molecule has 0 unspecified atom stereocenters. The molecule has 0 atom stereocenters. The van der Waals surface area contributed by atoms with Crippen molar-refractivity contribution in [1.29, 1.82) is 0 Å². The number of imide groups is 1. The van der Waals surface area contributed by atoms with Crippen LogP contribution in [0.2, 0.25) is 0 Å². The first-order valence-corrected chi connectivity index (χ1v) is 8.10. The topological polar surface area (TPSA) is 80.8 Å². The minimum absolute atomic E-state index is 0.261. The molecule has 0 radical (unpaired) electrons. The summed E-state index contributed by atoms with van der Waals surface area (Å²) in [6.45, 7) is 2.77. The molecule has 0 saturated heterocycles. The maximum atomic E-state index is 12.2. The van der Waals surface area contributed by atoms with Gasteiger partial charge >= 0.3 is 5.97 Å². The van der Waals surface area contributed by atoms with Crippen LogP contribution in [0.1, 0.15) is 42.2 Å². The smallest absolute Gasteiger partial charge is 0.326 e. The SMILES string of the molecule is Cc1ccc(C(=O)COC(=O)CN2C(=O)c3ccccc3C2=O)c(C)c1. The van der Waals surface area contributed by atoms with Crippen LogP contribution in [0.3, 0.4) is 0 Å². The summed E-state index contributed by atoms with van der Waals surface area (Å²) < 4.78 is 4.97. The van der Waals surface area contributed by atoms with Gasteiger partial charge in [-0.1, -0.05) is 35.9 Å². The van der Waals surface area contributed by atoms with Crippen LogP contribution in [0.5, 0.6) is 0 Å². The highest BCUT2D eigenvalue weighted by Gasteiger charge is 2.36. The number of esters is 1. The predicted octanol–water partition coefficient (Wildman–Crippen LogP) is 2.33. The number of Topliss-reactive ketones (excluding diaryl/α,β-unsaturated/α-hetero) is 1. The Morgan fingerprint density at radius 1 is 0.962 bits per heavy atom. The highest BCUT2D eigenvalue weighted by molar-refractivity contribution is 6.22. The second kappa shape index (κ2) is 6.92. The van der Waals surface area contributed by atoms with Gasteiger partial charge in [0, 0.05) is 5.56 Å². The van der Waals surface area contributed by atoms with E-state index in [0.29, 0.717) is 5.56 Å². The molecule has 0 N–H and O–H groups in total.